The first-order valence-electron chi connectivity index (χ1n) is 12.6. The average Bonchev–Trinajstić information content (AvgIpc) is 3.44. The lowest BCUT2D eigenvalue weighted by molar-refractivity contribution is -0.116. The summed E-state index contributed by atoms with van der Waals surface area (Å²) in [6.07, 6.45) is 2.45. The monoisotopic (exact) mass is 524 g/mol. The van der Waals surface area contributed by atoms with Gasteiger partial charge in [-0.25, -0.2) is 4.68 Å². The lowest BCUT2D eigenvalue weighted by Gasteiger charge is -2.35. The van der Waals surface area contributed by atoms with Gasteiger partial charge < -0.3 is 24.3 Å². The van der Waals surface area contributed by atoms with E-state index in [0.717, 1.165) is 22.6 Å². The third kappa shape index (κ3) is 4.46. The lowest BCUT2D eigenvalue weighted by atomic mass is 9.77. The van der Waals surface area contributed by atoms with Crippen LogP contribution in [-0.4, -0.2) is 41.9 Å². The molecule has 0 unspecified atom stereocenters. The van der Waals surface area contributed by atoms with Crippen LogP contribution in [0.1, 0.15) is 35.9 Å². The molecule has 198 valence electrons. The van der Waals surface area contributed by atoms with Crippen LogP contribution in [0.25, 0.3) is 0 Å². The number of anilines is 1. The molecule has 6 rings (SSSR count). The van der Waals surface area contributed by atoms with Crippen LogP contribution in [0.2, 0.25) is 0 Å². The third-order valence-electron chi connectivity index (χ3n) is 7.17. The molecule has 0 fully saturated rings. The van der Waals surface area contributed by atoms with Crippen LogP contribution in [0.5, 0.6) is 28.7 Å². The number of carbonyl (C=O) groups is 1. The smallest absolute Gasteiger partial charge is 0.226 e. The number of benzene rings is 3. The van der Waals surface area contributed by atoms with E-state index in [1.54, 1.807) is 26.0 Å². The number of methoxy groups -OCH3 is 3. The Morgan fingerprint density at radius 1 is 0.846 bits per heavy atom. The summed E-state index contributed by atoms with van der Waals surface area (Å²) >= 11 is 0. The van der Waals surface area contributed by atoms with Crippen LogP contribution < -0.4 is 24.3 Å². The Morgan fingerprint density at radius 3 is 2.31 bits per heavy atom. The molecular weight excluding hydrogens is 496 g/mol. The van der Waals surface area contributed by atoms with Gasteiger partial charge in [0.2, 0.25) is 11.7 Å². The van der Waals surface area contributed by atoms with Crippen molar-refractivity contribution in [2.75, 3.05) is 26.6 Å². The number of hydrogen-bond acceptors (Lipinski definition) is 8. The number of nitrogens with zero attached hydrogens (tertiary/aromatic N) is 3. The maximum atomic E-state index is 13.9. The van der Waals surface area contributed by atoms with Gasteiger partial charge in [-0.05, 0) is 59.9 Å². The summed E-state index contributed by atoms with van der Waals surface area (Å²) in [6, 6.07) is 20.8. The highest BCUT2D eigenvalue weighted by Crippen LogP contribution is 2.47. The molecule has 9 nitrogen and oxygen atoms in total. The molecule has 9 heteroatoms. The summed E-state index contributed by atoms with van der Waals surface area (Å²) in [4.78, 5) is 18.3. The Kier molecular flexibility index (Phi) is 6.40. The number of allylic oxidation sites excluding steroid dienone is 2. The van der Waals surface area contributed by atoms with E-state index in [9.17, 15) is 4.79 Å². The SMILES string of the molecule is COc1cc([C@H]2CC(=O)C3=C(C2)Nc2ncnn2[C@@H]3c2cccc(Oc3ccccc3)c2)cc(OC)c1OC. The van der Waals surface area contributed by atoms with Gasteiger partial charge >= 0.3 is 0 Å². The predicted octanol–water partition coefficient (Wildman–Crippen LogP) is 5.51. The Morgan fingerprint density at radius 2 is 1.59 bits per heavy atom. The molecule has 2 atom stereocenters. The largest absolute Gasteiger partial charge is 0.493 e. The van der Waals surface area contributed by atoms with E-state index in [4.69, 9.17) is 18.9 Å². The highest BCUT2D eigenvalue weighted by atomic mass is 16.5. The molecule has 1 aliphatic heterocycles. The summed E-state index contributed by atoms with van der Waals surface area (Å²) in [6.45, 7) is 0. The molecule has 0 amide bonds. The molecule has 2 heterocycles. The maximum absolute atomic E-state index is 13.9. The molecule has 0 spiro atoms. The number of hydrogen-bond donors (Lipinski definition) is 1. The summed E-state index contributed by atoms with van der Waals surface area (Å²) < 4.78 is 24.4. The van der Waals surface area contributed by atoms with Crippen LogP contribution in [0.3, 0.4) is 0 Å². The lowest BCUT2D eigenvalue weighted by Crippen LogP contribution is -2.33. The topological polar surface area (TPSA) is 96.7 Å². The number of Topliss-reactive ketones (excluding diaryl/α,β-unsaturated/α-hetero) is 1. The van der Waals surface area contributed by atoms with Crippen LogP contribution in [0.4, 0.5) is 5.95 Å². The van der Waals surface area contributed by atoms with E-state index in [-0.39, 0.29) is 11.7 Å². The molecule has 0 saturated heterocycles. The average molecular weight is 525 g/mol. The van der Waals surface area contributed by atoms with E-state index in [1.807, 2.05) is 66.7 Å². The molecule has 1 aromatic heterocycles. The van der Waals surface area contributed by atoms with E-state index >= 15 is 0 Å². The molecule has 0 saturated carbocycles. The van der Waals surface area contributed by atoms with Gasteiger partial charge in [0.1, 0.15) is 23.9 Å². The van der Waals surface area contributed by atoms with Crippen LogP contribution in [-0.2, 0) is 4.79 Å². The first-order valence-corrected chi connectivity index (χ1v) is 12.6. The second kappa shape index (κ2) is 10.2. The predicted molar refractivity (Wildman–Crippen MR) is 145 cm³/mol. The summed E-state index contributed by atoms with van der Waals surface area (Å²) in [5.41, 5.74) is 3.36. The summed E-state index contributed by atoms with van der Waals surface area (Å²) in [5, 5.41) is 7.84. The highest BCUT2D eigenvalue weighted by Gasteiger charge is 2.39. The zero-order valence-electron chi connectivity index (χ0n) is 21.9. The van der Waals surface area contributed by atoms with Gasteiger partial charge in [0.15, 0.2) is 17.3 Å². The summed E-state index contributed by atoms with van der Waals surface area (Å²) in [7, 11) is 4.75. The number of fused-ring (bicyclic) bond motifs is 1. The van der Waals surface area contributed by atoms with Gasteiger partial charge in [-0.15, -0.1) is 0 Å². The van der Waals surface area contributed by atoms with Crippen molar-refractivity contribution < 1.29 is 23.7 Å². The number of ketones is 1. The second-order valence-corrected chi connectivity index (χ2v) is 9.42. The van der Waals surface area contributed by atoms with Gasteiger partial charge in [0, 0.05) is 17.7 Å². The minimum Gasteiger partial charge on any atom is -0.493 e. The van der Waals surface area contributed by atoms with Crippen molar-refractivity contribution in [1.29, 1.82) is 0 Å². The number of ether oxygens (including phenoxy) is 4. The molecule has 1 aliphatic carbocycles. The molecule has 39 heavy (non-hydrogen) atoms. The Balaban J connectivity index is 1.38. The van der Waals surface area contributed by atoms with E-state index in [0.29, 0.717) is 47.4 Å². The van der Waals surface area contributed by atoms with Crippen molar-refractivity contribution in [2.24, 2.45) is 0 Å². The minimum atomic E-state index is -0.425. The van der Waals surface area contributed by atoms with Crippen molar-refractivity contribution in [3.8, 4) is 28.7 Å². The molecule has 4 aromatic rings. The van der Waals surface area contributed by atoms with E-state index < -0.39 is 6.04 Å². The standard InChI is InChI=1S/C30H28N4O5/c1-36-25-15-20(16-26(37-2)29(25)38-3)19-13-23-27(24(35)14-19)28(34-30(33-23)31-17-32-34)18-8-7-11-22(12-18)39-21-9-5-4-6-10-21/h4-12,15-17,19,28H,13-14H2,1-3H3,(H,31,32,33)/t19-,28-/m1/s1. The third-order valence-corrected chi connectivity index (χ3v) is 7.17. The zero-order valence-corrected chi connectivity index (χ0v) is 21.9. The zero-order chi connectivity index (χ0) is 26.9. The van der Waals surface area contributed by atoms with Gasteiger partial charge in [-0.1, -0.05) is 30.3 Å². The molecule has 1 N–H and O–H groups in total. The first kappa shape index (κ1) is 24.5. The molecule has 0 bridgehead atoms. The quantitative estimate of drug-likeness (QED) is 0.338. The van der Waals surface area contributed by atoms with Gasteiger partial charge in [-0.2, -0.15) is 10.1 Å². The molecule has 3 aromatic carbocycles. The summed E-state index contributed by atoms with van der Waals surface area (Å²) in [5.74, 6) is 3.61. The fourth-order valence-corrected chi connectivity index (χ4v) is 5.41. The van der Waals surface area contributed by atoms with Crippen LogP contribution in [0, 0.1) is 0 Å². The Bertz CT molecular complexity index is 1540. The number of rotatable bonds is 7. The highest BCUT2D eigenvalue weighted by molar-refractivity contribution is 6.00. The van der Waals surface area contributed by atoms with Gasteiger partial charge in [-0.3, -0.25) is 4.79 Å². The maximum Gasteiger partial charge on any atom is 0.226 e. The fraction of sp³-hybridized carbons (Fsp3) is 0.233. The van der Waals surface area contributed by atoms with Crippen molar-refractivity contribution in [3.05, 3.63) is 95.5 Å². The van der Waals surface area contributed by atoms with E-state index in [1.165, 1.54) is 6.33 Å². The number of nitrogens with one attached hydrogen (secondary N) is 1. The number of carbonyl (C=O) groups excluding carboxylic acids is 1. The first-order chi connectivity index (χ1) is 19.1. The van der Waals surface area contributed by atoms with Crippen LogP contribution in [0.15, 0.2) is 84.3 Å². The van der Waals surface area contributed by atoms with Crippen molar-refractivity contribution in [2.45, 2.75) is 24.8 Å². The van der Waals surface area contributed by atoms with E-state index in [2.05, 4.69) is 15.4 Å². The van der Waals surface area contributed by atoms with Gasteiger partial charge in [0.25, 0.3) is 0 Å². The van der Waals surface area contributed by atoms with Gasteiger partial charge in [0.05, 0.1) is 21.3 Å². The van der Waals surface area contributed by atoms with Crippen molar-refractivity contribution >= 4 is 11.7 Å². The number of aromatic nitrogens is 3. The fourth-order valence-electron chi connectivity index (χ4n) is 5.41. The Labute approximate surface area is 226 Å². The molecular formula is C30H28N4O5. The minimum absolute atomic E-state index is 0.0445. The number of para-hydroxylation sites is 1. The van der Waals surface area contributed by atoms with Crippen molar-refractivity contribution in [1.82, 2.24) is 14.8 Å². The van der Waals surface area contributed by atoms with Crippen LogP contribution >= 0.6 is 0 Å². The van der Waals surface area contributed by atoms with Crippen molar-refractivity contribution in [3.63, 3.8) is 0 Å². The molecule has 0 radical (unpaired) electrons. The Hall–Kier alpha value is -4.79. The second-order valence-electron chi connectivity index (χ2n) is 9.42. The normalized spacial score (nSPS) is 18.1. The molecule has 2 aliphatic rings.